The number of para-hydroxylation sites is 2. The monoisotopic (exact) mass is 379 g/mol. The van der Waals surface area contributed by atoms with Crippen LogP contribution in [0.25, 0.3) is 5.78 Å². The van der Waals surface area contributed by atoms with Crippen LogP contribution in [0.2, 0.25) is 0 Å². The van der Waals surface area contributed by atoms with Crippen LogP contribution in [0.15, 0.2) is 30.3 Å². The van der Waals surface area contributed by atoms with Crippen LogP contribution in [0.3, 0.4) is 0 Å². The van der Waals surface area contributed by atoms with E-state index in [-0.39, 0.29) is 11.9 Å². The molecular weight excluding hydrogens is 363 g/mol. The predicted molar refractivity (Wildman–Crippen MR) is 90.1 cm³/mol. The fourth-order valence-corrected chi connectivity index (χ4v) is 2.91. The summed E-state index contributed by atoms with van der Waals surface area (Å²) in [5.74, 6) is 0.419. The Bertz CT molecular complexity index is 988. The van der Waals surface area contributed by atoms with E-state index < -0.39 is 12.0 Å². The molecule has 0 N–H and O–H groups in total. The lowest BCUT2D eigenvalue weighted by molar-refractivity contribution is -0.144. The van der Waals surface area contributed by atoms with Gasteiger partial charge in [-0.15, -0.1) is 5.10 Å². The van der Waals surface area contributed by atoms with Gasteiger partial charge in [0.25, 0.3) is 11.6 Å². The Morgan fingerprint density at radius 3 is 2.70 bits per heavy atom. The number of anilines is 1. The van der Waals surface area contributed by atoms with Gasteiger partial charge in [-0.1, -0.05) is 12.1 Å². The first-order valence-corrected chi connectivity index (χ1v) is 8.22. The normalized spacial score (nSPS) is 16.6. The summed E-state index contributed by atoms with van der Waals surface area (Å²) in [5, 5.41) is 3.58. The molecule has 0 saturated heterocycles. The molecule has 0 aliphatic carbocycles. The Hall–Kier alpha value is -3.04. The standard InChI is InChI=1S/C17H16F3N5O2/c1-10-7-14(25-16(21-10)22-15(23-25)17(18,19)20)24(2)8-11-9-26-12-5-3-4-6-13(12)27-11/h3-7,11H,8-9H2,1-2H3. The van der Waals surface area contributed by atoms with E-state index in [2.05, 4.69) is 15.1 Å². The Morgan fingerprint density at radius 2 is 1.96 bits per heavy atom. The zero-order valence-corrected chi connectivity index (χ0v) is 14.6. The van der Waals surface area contributed by atoms with Gasteiger partial charge in [0, 0.05) is 18.8 Å². The first-order chi connectivity index (χ1) is 12.8. The third-order valence-electron chi connectivity index (χ3n) is 4.11. The summed E-state index contributed by atoms with van der Waals surface area (Å²) in [6, 6.07) is 8.98. The van der Waals surface area contributed by atoms with E-state index in [1.807, 2.05) is 24.3 Å². The topological polar surface area (TPSA) is 64.8 Å². The number of ether oxygens (including phenoxy) is 2. The van der Waals surface area contributed by atoms with E-state index in [4.69, 9.17) is 9.47 Å². The van der Waals surface area contributed by atoms with Crippen molar-refractivity contribution >= 4 is 11.6 Å². The fraction of sp³-hybridized carbons (Fsp3) is 0.353. The minimum Gasteiger partial charge on any atom is -0.486 e. The van der Waals surface area contributed by atoms with Crippen molar-refractivity contribution in [3.05, 3.63) is 41.9 Å². The third kappa shape index (κ3) is 3.34. The van der Waals surface area contributed by atoms with Crippen molar-refractivity contribution in [2.45, 2.75) is 19.2 Å². The van der Waals surface area contributed by atoms with Crippen LogP contribution in [-0.4, -0.2) is 45.9 Å². The third-order valence-corrected chi connectivity index (χ3v) is 4.11. The molecule has 0 spiro atoms. The highest BCUT2D eigenvalue weighted by Gasteiger charge is 2.37. The highest BCUT2D eigenvalue weighted by Crippen LogP contribution is 2.31. The van der Waals surface area contributed by atoms with Crippen molar-refractivity contribution < 1.29 is 22.6 Å². The number of fused-ring (bicyclic) bond motifs is 2. The van der Waals surface area contributed by atoms with Crippen molar-refractivity contribution in [2.75, 3.05) is 25.1 Å². The average molecular weight is 379 g/mol. The Kier molecular flexibility index (Phi) is 4.05. The molecule has 0 fully saturated rings. The van der Waals surface area contributed by atoms with E-state index in [0.29, 0.717) is 36.2 Å². The zero-order valence-electron chi connectivity index (χ0n) is 14.6. The molecule has 1 aliphatic rings. The van der Waals surface area contributed by atoms with Crippen LogP contribution in [0, 0.1) is 6.92 Å². The molecule has 0 bridgehead atoms. The van der Waals surface area contributed by atoms with Crippen molar-refractivity contribution in [1.82, 2.24) is 19.6 Å². The van der Waals surface area contributed by atoms with Crippen molar-refractivity contribution in [1.29, 1.82) is 0 Å². The molecule has 10 heteroatoms. The van der Waals surface area contributed by atoms with Crippen LogP contribution < -0.4 is 14.4 Å². The van der Waals surface area contributed by atoms with Gasteiger partial charge in [0.1, 0.15) is 12.4 Å². The highest BCUT2D eigenvalue weighted by atomic mass is 19.4. The molecule has 1 aliphatic heterocycles. The van der Waals surface area contributed by atoms with E-state index in [9.17, 15) is 13.2 Å². The summed E-state index contributed by atoms with van der Waals surface area (Å²) < 4.78 is 51.6. The molecule has 1 atom stereocenters. The molecule has 0 radical (unpaired) electrons. The molecule has 142 valence electrons. The van der Waals surface area contributed by atoms with E-state index >= 15 is 0 Å². The summed E-state index contributed by atoms with van der Waals surface area (Å²) >= 11 is 0. The highest BCUT2D eigenvalue weighted by molar-refractivity contribution is 5.47. The molecule has 4 rings (SSSR count). The summed E-state index contributed by atoms with van der Waals surface area (Å²) in [4.78, 5) is 9.28. The minimum absolute atomic E-state index is 0.102. The quantitative estimate of drug-likeness (QED) is 0.697. The van der Waals surface area contributed by atoms with Crippen LogP contribution in [0.5, 0.6) is 11.5 Å². The average Bonchev–Trinajstić information content (AvgIpc) is 3.05. The minimum atomic E-state index is -4.64. The van der Waals surface area contributed by atoms with Crippen LogP contribution in [0.1, 0.15) is 11.5 Å². The van der Waals surface area contributed by atoms with Gasteiger partial charge >= 0.3 is 6.18 Å². The Labute approximate surface area is 152 Å². The number of aromatic nitrogens is 4. The molecule has 1 aromatic carbocycles. The first-order valence-electron chi connectivity index (χ1n) is 8.22. The zero-order chi connectivity index (χ0) is 19.2. The number of hydrogen-bond acceptors (Lipinski definition) is 6. The lowest BCUT2D eigenvalue weighted by Crippen LogP contribution is -2.40. The molecule has 0 saturated carbocycles. The van der Waals surface area contributed by atoms with Gasteiger partial charge in [-0.2, -0.15) is 22.7 Å². The number of hydrogen-bond donors (Lipinski definition) is 0. The number of alkyl halides is 3. The fourth-order valence-electron chi connectivity index (χ4n) is 2.91. The van der Waals surface area contributed by atoms with Gasteiger partial charge in [-0.25, -0.2) is 4.98 Å². The summed E-state index contributed by atoms with van der Waals surface area (Å²) in [5.41, 5.74) is 0.539. The smallest absolute Gasteiger partial charge is 0.453 e. The lowest BCUT2D eigenvalue weighted by atomic mass is 10.2. The lowest BCUT2D eigenvalue weighted by Gasteiger charge is -2.30. The van der Waals surface area contributed by atoms with E-state index in [1.54, 1.807) is 24.9 Å². The predicted octanol–water partition coefficient (Wildman–Crippen LogP) is 2.73. The van der Waals surface area contributed by atoms with Crippen molar-refractivity contribution in [3.63, 3.8) is 0 Å². The number of aryl methyl sites for hydroxylation is 1. The van der Waals surface area contributed by atoms with E-state index in [1.165, 1.54) is 0 Å². The molecule has 3 heterocycles. The van der Waals surface area contributed by atoms with Gasteiger partial charge in [-0.3, -0.25) is 0 Å². The molecule has 27 heavy (non-hydrogen) atoms. The number of likely N-dealkylation sites (N-methyl/N-ethyl adjacent to an activating group) is 1. The van der Waals surface area contributed by atoms with Gasteiger partial charge < -0.3 is 14.4 Å². The maximum atomic E-state index is 13.0. The van der Waals surface area contributed by atoms with Crippen LogP contribution in [-0.2, 0) is 6.18 Å². The van der Waals surface area contributed by atoms with Crippen molar-refractivity contribution in [2.24, 2.45) is 0 Å². The first kappa shape index (κ1) is 17.4. The maximum absolute atomic E-state index is 13.0. The molecular formula is C17H16F3N5O2. The van der Waals surface area contributed by atoms with Gasteiger partial charge in [-0.05, 0) is 19.1 Å². The van der Waals surface area contributed by atoms with Gasteiger partial charge in [0.05, 0.1) is 6.54 Å². The molecule has 3 aromatic rings. The Morgan fingerprint density at radius 1 is 1.22 bits per heavy atom. The SMILES string of the molecule is Cc1cc(N(C)CC2COc3ccccc3O2)n2nc(C(F)(F)F)nc2n1. The second-order valence-corrected chi connectivity index (χ2v) is 6.28. The second kappa shape index (κ2) is 6.29. The molecule has 2 aromatic heterocycles. The number of nitrogens with zero attached hydrogens (tertiary/aromatic N) is 5. The number of benzene rings is 1. The largest absolute Gasteiger partial charge is 0.486 e. The molecule has 1 unspecified atom stereocenters. The number of halogens is 3. The molecule has 7 nitrogen and oxygen atoms in total. The summed E-state index contributed by atoms with van der Waals surface area (Å²) in [6.07, 6.45) is -4.93. The number of rotatable bonds is 3. The van der Waals surface area contributed by atoms with Crippen LogP contribution >= 0.6 is 0 Å². The Balaban J connectivity index is 1.61. The van der Waals surface area contributed by atoms with E-state index in [0.717, 1.165) is 4.52 Å². The maximum Gasteiger partial charge on any atom is 0.453 e. The van der Waals surface area contributed by atoms with Gasteiger partial charge in [0.2, 0.25) is 0 Å². The van der Waals surface area contributed by atoms with Crippen molar-refractivity contribution in [3.8, 4) is 11.5 Å². The summed E-state index contributed by atoms with van der Waals surface area (Å²) in [6.45, 7) is 2.41. The summed E-state index contributed by atoms with van der Waals surface area (Å²) in [7, 11) is 1.74. The van der Waals surface area contributed by atoms with Gasteiger partial charge in [0.15, 0.2) is 17.6 Å². The van der Waals surface area contributed by atoms with Crippen LogP contribution in [0.4, 0.5) is 19.0 Å². The molecule has 0 amide bonds. The second-order valence-electron chi connectivity index (χ2n) is 6.28.